The molecule has 0 aliphatic carbocycles. The van der Waals surface area contributed by atoms with Crippen molar-refractivity contribution in [2.24, 2.45) is 7.05 Å². The normalized spacial score (nSPS) is 19.9. The highest BCUT2D eigenvalue weighted by Gasteiger charge is 2.31. The summed E-state index contributed by atoms with van der Waals surface area (Å²) in [4.78, 5) is 14.1. The monoisotopic (exact) mass is 271 g/mol. The summed E-state index contributed by atoms with van der Waals surface area (Å²) in [5, 5.41) is 14.2. The van der Waals surface area contributed by atoms with E-state index >= 15 is 0 Å². The van der Waals surface area contributed by atoms with Gasteiger partial charge in [0.05, 0.1) is 17.4 Å². The van der Waals surface area contributed by atoms with Crippen LogP contribution in [0.3, 0.4) is 0 Å². The van der Waals surface area contributed by atoms with Gasteiger partial charge >= 0.3 is 0 Å². The maximum absolute atomic E-state index is 12.4. The molecule has 1 aromatic rings. The number of β-amino-alcohol motifs (C(OH)–C–C–N with tert-alkyl or cyclic N) is 1. The van der Waals surface area contributed by atoms with Crippen molar-refractivity contribution in [1.29, 1.82) is 0 Å². The van der Waals surface area contributed by atoms with Gasteiger partial charge in [-0.05, 0) is 12.3 Å². The van der Waals surface area contributed by atoms with E-state index in [4.69, 9.17) is 11.6 Å². The van der Waals surface area contributed by atoms with E-state index in [2.05, 4.69) is 5.10 Å². The number of aliphatic hydroxyl groups excluding tert-OH is 1. The molecule has 100 valence electrons. The number of rotatable bonds is 2. The molecule has 18 heavy (non-hydrogen) atoms. The number of carbonyl (C=O) groups is 1. The maximum Gasteiger partial charge on any atom is 0.259 e. The molecule has 2 rings (SSSR count). The Bertz CT molecular complexity index is 470. The van der Waals surface area contributed by atoms with E-state index in [1.807, 2.05) is 13.8 Å². The van der Waals surface area contributed by atoms with Crippen LogP contribution in [-0.4, -0.2) is 44.9 Å². The zero-order valence-corrected chi connectivity index (χ0v) is 11.6. The number of carbonyl (C=O) groups excluding carboxylic acids is 1. The Balaban J connectivity index is 2.35. The van der Waals surface area contributed by atoms with Gasteiger partial charge in [0, 0.05) is 20.1 Å². The Labute approximate surface area is 111 Å². The van der Waals surface area contributed by atoms with Crippen molar-refractivity contribution in [2.45, 2.75) is 32.3 Å². The predicted molar refractivity (Wildman–Crippen MR) is 68.8 cm³/mol. The van der Waals surface area contributed by atoms with Crippen LogP contribution in [0.15, 0.2) is 0 Å². The zero-order valence-electron chi connectivity index (χ0n) is 10.9. The number of aryl methyl sites for hydroxylation is 1. The van der Waals surface area contributed by atoms with Gasteiger partial charge in [-0.25, -0.2) is 0 Å². The number of likely N-dealkylation sites (tertiary alicyclic amines) is 1. The first-order chi connectivity index (χ1) is 8.41. The Kier molecular flexibility index (Phi) is 3.64. The van der Waals surface area contributed by atoms with Gasteiger partial charge in [0.1, 0.15) is 5.15 Å². The topological polar surface area (TPSA) is 58.4 Å². The predicted octanol–water partition coefficient (Wildman–Crippen LogP) is 1.40. The van der Waals surface area contributed by atoms with Crippen molar-refractivity contribution < 1.29 is 9.90 Å². The zero-order chi connectivity index (χ0) is 13.4. The molecule has 0 bridgehead atoms. The first-order valence-corrected chi connectivity index (χ1v) is 6.49. The van der Waals surface area contributed by atoms with Gasteiger partial charge < -0.3 is 10.0 Å². The first kappa shape index (κ1) is 13.4. The van der Waals surface area contributed by atoms with E-state index in [9.17, 15) is 9.90 Å². The lowest BCUT2D eigenvalue weighted by Gasteiger charge is -2.16. The van der Waals surface area contributed by atoms with Crippen molar-refractivity contribution in [3.63, 3.8) is 0 Å². The summed E-state index contributed by atoms with van der Waals surface area (Å²) in [6.07, 6.45) is 0.201. The molecule has 1 aromatic heterocycles. The Morgan fingerprint density at radius 2 is 2.22 bits per heavy atom. The molecular formula is C12H18ClN3O2. The fourth-order valence-electron chi connectivity index (χ4n) is 2.21. The van der Waals surface area contributed by atoms with Crippen LogP contribution in [0.4, 0.5) is 0 Å². The van der Waals surface area contributed by atoms with Crippen LogP contribution in [-0.2, 0) is 7.05 Å². The highest BCUT2D eigenvalue weighted by atomic mass is 35.5. The third-order valence-corrected chi connectivity index (χ3v) is 3.65. The third kappa shape index (κ3) is 2.24. The van der Waals surface area contributed by atoms with Crippen LogP contribution in [0.25, 0.3) is 0 Å². The van der Waals surface area contributed by atoms with Gasteiger partial charge in [-0.3, -0.25) is 9.48 Å². The molecule has 2 heterocycles. The fourth-order valence-corrected chi connectivity index (χ4v) is 2.42. The van der Waals surface area contributed by atoms with Gasteiger partial charge in [0.25, 0.3) is 5.91 Å². The molecule has 1 aliphatic rings. The van der Waals surface area contributed by atoms with Crippen molar-refractivity contribution in [3.05, 3.63) is 16.4 Å². The Hall–Kier alpha value is -1.07. The Morgan fingerprint density at radius 3 is 2.72 bits per heavy atom. The smallest absolute Gasteiger partial charge is 0.259 e. The van der Waals surface area contributed by atoms with Crippen LogP contribution < -0.4 is 0 Å². The SMILES string of the molecule is CC(C)c1nn(C)c(Cl)c1C(=O)N1CC[C@H](O)C1. The lowest BCUT2D eigenvalue weighted by molar-refractivity contribution is 0.0763. The average molecular weight is 272 g/mol. The van der Waals surface area contributed by atoms with Crippen LogP contribution >= 0.6 is 11.6 Å². The van der Waals surface area contributed by atoms with E-state index in [-0.39, 0.29) is 11.8 Å². The van der Waals surface area contributed by atoms with E-state index in [0.29, 0.717) is 35.9 Å². The molecule has 1 N–H and O–H groups in total. The first-order valence-electron chi connectivity index (χ1n) is 6.11. The van der Waals surface area contributed by atoms with Gasteiger partial charge in [-0.1, -0.05) is 25.4 Å². The molecule has 0 aromatic carbocycles. The molecule has 0 saturated carbocycles. The summed E-state index contributed by atoms with van der Waals surface area (Å²) in [5.74, 6) is 0.00327. The van der Waals surface area contributed by atoms with Crippen LogP contribution in [0.2, 0.25) is 5.15 Å². The second-order valence-corrected chi connectivity index (χ2v) is 5.38. The number of nitrogens with zero attached hydrogens (tertiary/aromatic N) is 3. The number of hydrogen-bond acceptors (Lipinski definition) is 3. The summed E-state index contributed by atoms with van der Waals surface area (Å²) in [5.41, 5.74) is 1.19. The number of hydrogen-bond donors (Lipinski definition) is 1. The van der Waals surface area contributed by atoms with Crippen molar-refractivity contribution in [1.82, 2.24) is 14.7 Å². The molecule has 0 radical (unpaired) electrons. The van der Waals surface area contributed by atoms with Crippen molar-refractivity contribution >= 4 is 17.5 Å². The minimum Gasteiger partial charge on any atom is -0.391 e. The molecular weight excluding hydrogens is 254 g/mol. The highest BCUT2D eigenvalue weighted by molar-refractivity contribution is 6.33. The lowest BCUT2D eigenvalue weighted by Crippen LogP contribution is -2.30. The molecule has 0 spiro atoms. The average Bonchev–Trinajstić information content (AvgIpc) is 2.84. The van der Waals surface area contributed by atoms with Crippen LogP contribution in [0.5, 0.6) is 0 Å². The second-order valence-electron chi connectivity index (χ2n) is 5.02. The van der Waals surface area contributed by atoms with Gasteiger partial charge in [0.15, 0.2) is 0 Å². The van der Waals surface area contributed by atoms with Crippen LogP contribution in [0.1, 0.15) is 42.2 Å². The second kappa shape index (κ2) is 4.90. The molecule has 5 nitrogen and oxygen atoms in total. The summed E-state index contributed by atoms with van der Waals surface area (Å²) >= 11 is 6.16. The molecule has 1 aliphatic heterocycles. The Morgan fingerprint density at radius 1 is 1.56 bits per heavy atom. The molecule has 1 atom stereocenters. The van der Waals surface area contributed by atoms with Crippen LogP contribution in [0, 0.1) is 0 Å². The largest absolute Gasteiger partial charge is 0.391 e. The van der Waals surface area contributed by atoms with Gasteiger partial charge in [0.2, 0.25) is 0 Å². The maximum atomic E-state index is 12.4. The van der Waals surface area contributed by atoms with E-state index in [1.165, 1.54) is 4.68 Å². The summed E-state index contributed by atoms with van der Waals surface area (Å²) in [6.45, 7) is 4.91. The highest BCUT2D eigenvalue weighted by Crippen LogP contribution is 2.27. The standard InChI is InChI=1S/C12H18ClN3O2/c1-7(2)10-9(11(13)15(3)14-10)12(18)16-5-4-8(17)6-16/h7-8,17H,4-6H2,1-3H3/t8-/m0/s1. The van der Waals surface area contributed by atoms with Crippen molar-refractivity contribution in [3.8, 4) is 0 Å². The van der Waals surface area contributed by atoms with E-state index in [0.717, 1.165) is 0 Å². The summed E-state index contributed by atoms with van der Waals surface area (Å²) < 4.78 is 1.52. The number of halogens is 1. The number of amides is 1. The summed E-state index contributed by atoms with van der Waals surface area (Å²) in [6, 6.07) is 0. The number of aromatic nitrogens is 2. The molecule has 6 heteroatoms. The van der Waals surface area contributed by atoms with Gasteiger partial charge in [-0.15, -0.1) is 0 Å². The fraction of sp³-hybridized carbons (Fsp3) is 0.667. The molecule has 1 amide bonds. The lowest BCUT2D eigenvalue weighted by atomic mass is 10.1. The van der Waals surface area contributed by atoms with Crippen molar-refractivity contribution in [2.75, 3.05) is 13.1 Å². The summed E-state index contributed by atoms with van der Waals surface area (Å²) in [7, 11) is 1.73. The molecule has 0 unspecified atom stereocenters. The van der Waals surface area contributed by atoms with E-state index in [1.54, 1.807) is 11.9 Å². The molecule has 1 fully saturated rings. The quantitative estimate of drug-likeness (QED) is 0.885. The number of aliphatic hydroxyl groups is 1. The molecule has 1 saturated heterocycles. The van der Waals surface area contributed by atoms with E-state index < -0.39 is 6.10 Å². The minimum absolute atomic E-state index is 0.131. The third-order valence-electron chi connectivity index (χ3n) is 3.22. The minimum atomic E-state index is -0.424. The van der Waals surface area contributed by atoms with Gasteiger partial charge in [-0.2, -0.15) is 5.10 Å².